The summed E-state index contributed by atoms with van der Waals surface area (Å²) in [5, 5.41) is 3.42. The summed E-state index contributed by atoms with van der Waals surface area (Å²) in [5.41, 5.74) is 7.18. The highest BCUT2D eigenvalue weighted by molar-refractivity contribution is 5.40. The quantitative estimate of drug-likeness (QED) is 0.752. The highest BCUT2D eigenvalue weighted by atomic mass is 14.9. The van der Waals surface area contributed by atoms with Crippen molar-refractivity contribution in [3.05, 3.63) is 24.5 Å². The monoisotopic (exact) mass is 207 g/mol. The van der Waals surface area contributed by atoms with Crippen LogP contribution in [0.3, 0.4) is 0 Å². The number of anilines is 1. The van der Waals surface area contributed by atoms with Crippen molar-refractivity contribution >= 4 is 5.69 Å². The number of nitrogens with one attached hydrogen (secondary N) is 1. The van der Waals surface area contributed by atoms with Crippen LogP contribution in [-0.4, -0.2) is 18.1 Å². The molecule has 3 nitrogen and oxygen atoms in total. The summed E-state index contributed by atoms with van der Waals surface area (Å²) < 4.78 is 0. The molecule has 84 valence electrons. The van der Waals surface area contributed by atoms with E-state index in [9.17, 15) is 0 Å². The third-order valence-electron chi connectivity index (χ3n) is 3.28. The van der Waals surface area contributed by atoms with Gasteiger partial charge < -0.3 is 11.1 Å². The number of hydrogen-bond acceptors (Lipinski definition) is 3. The smallest absolute Gasteiger partial charge is 0.0371 e. The SMILES string of the molecule is CCC(CC)(CN)CNc1ccncc1. The molecule has 1 aromatic rings. The van der Waals surface area contributed by atoms with Crippen molar-refractivity contribution in [3.63, 3.8) is 0 Å². The molecule has 0 aliphatic rings. The van der Waals surface area contributed by atoms with Crippen LogP contribution in [-0.2, 0) is 0 Å². The van der Waals surface area contributed by atoms with Gasteiger partial charge in [-0.25, -0.2) is 0 Å². The second-order valence-corrected chi connectivity index (χ2v) is 4.00. The Morgan fingerprint density at radius 2 is 1.87 bits per heavy atom. The molecule has 0 spiro atoms. The number of hydrogen-bond donors (Lipinski definition) is 2. The summed E-state index contributed by atoms with van der Waals surface area (Å²) in [6, 6.07) is 3.96. The molecule has 0 radical (unpaired) electrons. The Bertz CT molecular complexity index is 259. The Morgan fingerprint density at radius 3 is 2.33 bits per heavy atom. The van der Waals surface area contributed by atoms with Crippen molar-refractivity contribution in [1.82, 2.24) is 4.98 Å². The van der Waals surface area contributed by atoms with E-state index in [0.29, 0.717) is 0 Å². The molecule has 0 amide bonds. The van der Waals surface area contributed by atoms with Gasteiger partial charge in [-0.3, -0.25) is 4.98 Å². The molecule has 0 bridgehead atoms. The van der Waals surface area contributed by atoms with E-state index in [2.05, 4.69) is 24.1 Å². The molecule has 3 heteroatoms. The van der Waals surface area contributed by atoms with Crippen LogP contribution in [0.15, 0.2) is 24.5 Å². The maximum atomic E-state index is 5.84. The third-order valence-corrected chi connectivity index (χ3v) is 3.28. The fourth-order valence-corrected chi connectivity index (χ4v) is 1.62. The second-order valence-electron chi connectivity index (χ2n) is 4.00. The van der Waals surface area contributed by atoms with Crippen molar-refractivity contribution in [1.29, 1.82) is 0 Å². The van der Waals surface area contributed by atoms with Crippen LogP contribution in [0.5, 0.6) is 0 Å². The molecule has 1 rings (SSSR count). The first-order valence-corrected chi connectivity index (χ1v) is 5.60. The summed E-state index contributed by atoms with van der Waals surface area (Å²) >= 11 is 0. The normalized spacial score (nSPS) is 11.4. The topological polar surface area (TPSA) is 50.9 Å². The molecule has 1 heterocycles. The van der Waals surface area contributed by atoms with E-state index in [4.69, 9.17) is 5.73 Å². The predicted octanol–water partition coefficient (Wildman–Crippen LogP) is 2.26. The van der Waals surface area contributed by atoms with Gasteiger partial charge in [0.05, 0.1) is 0 Å². The number of pyridine rings is 1. The molecule has 1 aromatic heterocycles. The number of nitrogens with zero attached hydrogens (tertiary/aromatic N) is 1. The average Bonchev–Trinajstić information content (AvgIpc) is 2.33. The summed E-state index contributed by atoms with van der Waals surface area (Å²) in [5.74, 6) is 0. The predicted molar refractivity (Wildman–Crippen MR) is 64.8 cm³/mol. The zero-order valence-electron chi connectivity index (χ0n) is 9.66. The van der Waals surface area contributed by atoms with Crippen LogP contribution in [0.2, 0.25) is 0 Å². The van der Waals surface area contributed by atoms with Crippen molar-refractivity contribution in [2.75, 3.05) is 18.4 Å². The van der Waals surface area contributed by atoms with Gasteiger partial charge in [0.15, 0.2) is 0 Å². The van der Waals surface area contributed by atoms with Crippen LogP contribution in [0, 0.1) is 5.41 Å². The maximum absolute atomic E-state index is 5.84. The highest BCUT2D eigenvalue weighted by Crippen LogP contribution is 2.25. The van der Waals surface area contributed by atoms with Crippen LogP contribution >= 0.6 is 0 Å². The first-order valence-electron chi connectivity index (χ1n) is 5.60. The minimum Gasteiger partial charge on any atom is -0.384 e. The maximum Gasteiger partial charge on any atom is 0.0371 e. The molecule has 0 saturated heterocycles. The Balaban J connectivity index is 2.54. The van der Waals surface area contributed by atoms with E-state index < -0.39 is 0 Å². The largest absolute Gasteiger partial charge is 0.384 e. The van der Waals surface area contributed by atoms with Gasteiger partial charge in [-0.15, -0.1) is 0 Å². The highest BCUT2D eigenvalue weighted by Gasteiger charge is 2.23. The lowest BCUT2D eigenvalue weighted by molar-refractivity contribution is 0.294. The Labute approximate surface area is 92.1 Å². The Morgan fingerprint density at radius 1 is 1.27 bits per heavy atom. The van der Waals surface area contributed by atoms with Crippen molar-refractivity contribution < 1.29 is 0 Å². The van der Waals surface area contributed by atoms with Gasteiger partial charge in [0.2, 0.25) is 0 Å². The molecule has 15 heavy (non-hydrogen) atoms. The fourth-order valence-electron chi connectivity index (χ4n) is 1.62. The van der Waals surface area contributed by atoms with Gasteiger partial charge in [0.1, 0.15) is 0 Å². The van der Waals surface area contributed by atoms with Crippen LogP contribution < -0.4 is 11.1 Å². The Kier molecular flexibility index (Phi) is 4.56. The molecule has 0 fully saturated rings. The zero-order valence-corrected chi connectivity index (χ0v) is 9.66. The van der Waals surface area contributed by atoms with E-state index in [1.807, 2.05) is 12.1 Å². The summed E-state index contributed by atoms with van der Waals surface area (Å²) in [4.78, 5) is 3.99. The van der Waals surface area contributed by atoms with Crippen molar-refractivity contribution in [3.8, 4) is 0 Å². The van der Waals surface area contributed by atoms with E-state index >= 15 is 0 Å². The minimum absolute atomic E-state index is 0.225. The summed E-state index contributed by atoms with van der Waals surface area (Å²) in [7, 11) is 0. The first kappa shape index (κ1) is 12.0. The third kappa shape index (κ3) is 3.20. The summed E-state index contributed by atoms with van der Waals surface area (Å²) in [6.45, 7) is 6.06. The lowest BCUT2D eigenvalue weighted by Crippen LogP contribution is -2.36. The minimum atomic E-state index is 0.225. The van der Waals surface area contributed by atoms with Crippen LogP contribution in [0.1, 0.15) is 26.7 Å². The van der Waals surface area contributed by atoms with Crippen molar-refractivity contribution in [2.45, 2.75) is 26.7 Å². The lowest BCUT2D eigenvalue weighted by atomic mass is 9.82. The number of aromatic nitrogens is 1. The van der Waals surface area contributed by atoms with Gasteiger partial charge in [-0.05, 0) is 36.9 Å². The molecule has 0 aliphatic heterocycles. The molecule has 0 unspecified atom stereocenters. The van der Waals surface area contributed by atoms with E-state index in [0.717, 1.165) is 31.6 Å². The van der Waals surface area contributed by atoms with E-state index in [1.54, 1.807) is 12.4 Å². The van der Waals surface area contributed by atoms with Crippen LogP contribution in [0.25, 0.3) is 0 Å². The van der Waals surface area contributed by atoms with E-state index in [1.165, 1.54) is 0 Å². The molecular formula is C12H21N3. The van der Waals surface area contributed by atoms with Crippen LogP contribution in [0.4, 0.5) is 5.69 Å². The zero-order chi connectivity index (χ0) is 11.1. The molecular weight excluding hydrogens is 186 g/mol. The van der Waals surface area contributed by atoms with Gasteiger partial charge in [0.25, 0.3) is 0 Å². The van der Waals surface area contributed by atoms with Gasteiger partial charge in [0, 0.05) is 24.6 Å². The molecule has 0 aliphatic carbocycles. The second kappa shape index (κ2) is 5.71. The van der Waals surface area contributed by atoms with Gasteiger partial charge in [-0.2, -0.15) is 0 Å². The van der Waals surface area contributed by atoms with Gasteiger partial charge >= 0.3 is 0 Å². The molecule has 0 saturated carbocycles. The molecule has 3 N–H and O–H groups in total. The lowest BCUT2D eigenvalue weighted by Gasteiger charge is -2.30. The summed E-state index contributed by atoms with van der Waals surface area (Å²) in [6.07, 6.45) is 5.81. The first-order chi connectivity index (χ1) is 7.26. The van der Waals surface area contributed by atoms with Crippen molar-refractivity contribution in [2.24, 2.45) is 11.1 Å². The van der Waals surface area contributed by atoms with E-state index in [-0.39, 0.29) is 5.41 Å². The number of nitrogens with two attached hydrogens (primary N) is 1. The standard InChI is InChI=1S/C12H21N3/c1-3-12(4-2,9-13)10-15-11-5-7-14-8-6-11/h5-8H,3-4,9-10,13H2,1-2H3,(H,14,15). The number of rotatable bonds is 6. The van der Waals surface area contributed by atoms with Gasteiger partial charge in [-0.1, -0.05) is 13.8 Å². The average molecular weight is 207 g/mol. The Hall–Kier alpha value is -1.09. The fraction of sp³-hybridized carbons (Fsp3) is 0.583. The molecule has 0 aromatic carbocycles. The molecule has 0 atom stereocenters.